The molecule has 1 aromatic carbocycles. The Balaban J connectivity index is 1.16. The number of aromatic nitrogens is 2. The van der Waals surface area contributed by atoms with Crippen LogP contribution >= 0.6 is 0 Å². The van der Waals surface area contributed by atoms with Gasteiger partial charge in [0.1, 0.15) is 23.7 Å². The van der Waals surface area contributed by atoms with Gasteiger partial charge in [-0.3, -0.25) is 29.8 Å². The summed E-state index contributed by atoms with van der Waals surface area (Å²) < 4.78 is 5.61. The van der Waals surface area contributed by atoms with Crippen molar-refractivity contribution in [1.82, 2.24) is 19.8 Å². The number of nitrogen functional groups attached to an aromatic ring is 1. The molecule has 14 nitrogen and oxygen atoms in total. The lowest BCUT2D eigenvalue weighted by Crippen LogP contribution is -2.49. The van der Waals surface area contributed by atoms with Crippen molar-refractivity contribution in [3.8, 4) is 5.88 Å². The van der Waals surface area contributed by atoms with Crippen molar-refractivity contribution in [2.24, 2.45) is 21.6 Å². The lowest BCUT2D eigenvalue weighted by molar-refractivity contribution is -0.131. The first-order chi connectivity index (χ1) is 24.5. The highest BCUT2D eigenvalue weighted by atomic mass is 16.5. The standard InChI is InChI=1S/C37H47N11O3/c1-6-47(31-13-12-30(38)35(44-31)34(39)27-9-14-32(42-19-27)51-24(2)3)37(50)28-15-16-45(21-28)22-33(49)48-18-17-46(20-25(48)4)29-10-7-26(8-11-29)36(40)43-23-41-5/h7-14,19,23-24,28,39H,4,6,15-18,20-22,38H2,1-3,5H3,(H2,40,41,43). The number of hydrogen-bond donors (Lipinski definition) is 3. The third kappa shape index (κ3) is 8.76. The van der Waals surface area contributed by atoms with Gasteiger partial charge in [0.25, 0.3) is 0 Å². The molecule has 0 spiro atoms. The maximum absolute atomic E-state index is 13.8. The van der Waals surface area contributed by atoms with E-state index in [1.54, 1.807) is 47.3 Å². The van der Waals surface area contributed by atoms with E-state index in [1.165, 1.54) is 6.34 Å². The van der Waals surface area contributed by atoms with Crippen LogP contribution in [-0.4, -0.2) is 108 Å². The summed E-state index contributed by atoms with van der Waals surface area (Å²) in [5, 5.41) is 8.79. The monoisotopic (exact) mass is 693 g/mol. The largest absolute Gasteiger partial charge is 0.475 e. The minimum atomic E-state index is -0.297. The summed E-state index contributed by atoms with van der Waals surface area (Å²) in [5.41, 5.74) is 16.0. The molecule has 2 aliphatic heterocycles. The number of hydrogen-bond acceptors (Lipinski definition) is 10. The number of amides is 2. The predicted octanol–water partition coefficient (Wildman–Crippen LogP) is 3.16. The molecule has 0 radical (unpaired) electrons. The average molecular weight is 694 g/mol. The Bertz CT molecular complexity index is 1810. The first-order valence-corrected chi connectivity index (χ1v) is 17.1. The summed E-state index contributed by atoms with van der Waals surface area (Å²) in [5.74, 6) is 0.877. The number of piperazine rings is 1. The molecule has 1 unspecified atom stereocenters. The Morgan fingerprint density at radius 3 is 2.51 bits per heavy atom. The van der Waals surface area contributed by atoms with E-state index in [0.29, 0.717) is 74.5 Å². The SMILES string of the molecule is C=C1CN(c2ccc(C(N)=NC=NC)cc2)CCN1C(=O)CN1CCC(C(=O)N(CC)c2ccc(N)c(C(=N)c3ccc(OC(C)C)nc3)n2)C1. The van der Waals surface area contributed by atoms with Gasteiger partial charge >= 0.3 is 0 Å². The Hall–Kier alpha value is -5.63. The van der Waals surface area contributed by atoms with Gasteiger partial charge in [-0.25, -0.2) is 15.0 Å². The van der Waals surface area contributed by atoms with Gasteiger partial charge in [-0.2, -0.15) is 0 Å². The molecule has 2 aliphatic rings. The van der Waals surface area contributed by atoms with Crippen LogP contribution in [0.2, 0.25) is 0 Å². The van der Waals surface area contributed by atoms with Gasteiger partial charge in [-0.05, 0) is 76.2 Å². The van der Waals surface area contributed by atoms with Crippen molar-refractivity contribution in [2.75, 3.05) is 68.4 Å². The van der Waals surface area contributed by atoms with Gasteiger partial charge in [-0.1, -0.05) is 6.58 Å². The zero-order chi connectivity index (χ0) is 36.7. The summed E-state index contributed by atoms with van der Waals surface area (Å²) in [7, 11) is 1.64. The molecule has 2 aromatic heterocycles. The van der Waals surface area contributed by atoms with Crippen molar-refractivity contribution in [1.29, 1.82) is 5.41 Å². The van der Waals surface area contributed by atoms with Gasteiger partial charge in [0.2, 0.25) is 17.7 Å². The van der Waals surface area contributed by atoms with E-state index in [0.717, 1.165) is 16.9 Å². The molecule has 51 heavy (non-hydrogen) atoms. The van der Waals surface area contributed by atoms with Crippen LogP contribution in [0, 0.1) is 11.3 Å². The van der Waals surface area contributed by atoms with E-state index in [-0.39, 0.29) is 41.8 Å². The van der Waals surface area contributed by atoms with Crippen molar-refractivity contribution in [2.45, 2.75) is 33.3 Å². The Kier molecular flexibility index (Phi) is 11.8. The minimum Gasteiger partial charge on any atom is -0.475 e. The molecule has 2 fully saturated rings. The number of carbonyl (C=O) groups excluding carboxylic acids is 2. The zero-order valence-electron chi connectivity index (χ0n) is 29.7. The first kappa shape index (κ1) is 36.6. The van der Waals surface area contributed by atoms with Crippen LogP contribution in [0.4, 0.5) is 17.2 Å². The number of carbonyl (C=O) groups is 2. The van der Waals surface area contributed by atoms with Gasteiger partial charge < -0.3 is 26.0 Å². The molecule has 2 saturated heterocycles. The number of rotatable bonds is 12. The number of likely N-dealkylation sites (tertiary alicyclic amines) is 1. The third-order valence-electron chi connectivity index (χ3n) is 8.86. The summed E-state index contributed by atoms with van der Waals surface area (Å²) >= 11 is 0. The van der Waals surface area contributed by atoms with Gasteiger partial charge in [0, 0.05) is 68.0 Å². The van der Waals surface area contributed by atoms with E-state index in [9.17, 15) is 9.59 Å². The van der Waals surface area contributed by atoms with Crippen LogP contribution in [-0.2, 0) is 9.59 Å². The molecule has 14 heteroatoms. The van der Waals surface area contributed by atoms with Gasteiger partial charge in [0.05, 0.1) is 36.5 Å². The van der Waals surface area contributed by atoms with Crippen molar-refractivity contribution < 1.29 is 14.3 Å². The summed E-state index contributed by atoms with van der Waals surface area (Å²) in [6, 6.07) is 14.6. The lowest BCUT2D eigenvalue weighted by Gasteiger charge is -2.38. The molecule has 268 valence electrons. The summed E-state index contributed by atoms with van der Waals surface area (Å²) in [6.45, 7) is 13.3. The predicted molar refractivity (Wildman–Crippen MR) is 202 cm³/mol. The van der Waals surface area contributed by atoms with E-state index < -0.39 is 0 Å². The normalized spacial score (nSPS) is 17.0. The molecule has 0 saturated carbocycles. The molecule has 5 rings (SSSR count). The Labute approximate surface area is 299 Å². The summed E-state index contributed by atoms with van der Waals surface area (Å²) in [4.78, 5) is 51.7. The molecular weight excluding hydrogens is 646 g/mol. The molecule has 3 aromatic rings. The topological polar surface area (TPSA) is 183 Å². The van der Waals surface area contributed by atoms with Crippen LogP contribution in [0.25, 0.3) is 0 Å². The number of nitrogens with one attached hydrogen (secondary N) is 1. The number of pyridine rings is 2. The molecule has 0 bridgehead atoms. The van der Waals surface area contributed by atoms with Gasteiger partial charge in [-0.15, -0.1) is 0 Å². The highest BCUT2D eigenvalue weighted by molar-refractivity contribution is 6.12. The molecular formula is C37H47N11O3. The highest BCUT2D eigenvalue weighted by Gasteiger charge is 2.34. The molecule has 1 atom stereocenters. The second kappa shape index (κ2) is 16.4. The molecule has 2 amide bonds. The number of benzene rings is 1. The van der Waals surface area contributed by atoms with Crippen LogP contribution in [0.15, 0.2) is 77.0 Å². The Morgan fingerprint density at radius 1 is 1.12 bits per heavy atom. The second-order valence-corrected chi connectivity index (χ2v) is 12.8. The number of nitrogens with two attached hydrogens (primary N) is 2. The minimum absolute atomic E-state index is 0.0205. The fraction of sp³-hybridized carbons (Fsp3) is 0.378. The van der Waals surface area contributed by atoms with Crippen LogP contribution in [0.5, 0.6) is 5.88 Å². The van der Waals surface area contributed by atoms with Crippen LogP contribution in [0.3, 0.4) is 0 Å². The number of nitrogens with zero attached hydrogens (tertiary/aromatic N) is 8. The zero-order valence-corrected chi connectivity index (χ0v) is 29.7. The average Bonchev–Trinajstić information content (AvgIpc) is 3.59. The maximum atomic E-state index is 13.8. The summed E-state index contributed by atoms with van der Waals surface area (Å²) in [6.07, 6.45) is 3.57. The van der Waals surface area contributed by atoms with E-state index in [2.05, 4.69) is 31.4 Å². The van der Waals surface area contributed by atoms with Crippen molar-refractivity contribution in [3.63, 3.8) is 0 Å². The number of anilines is 3. The van der Waals surface area contributed by atoms with Gasteiger partial charge in [0.15, 0.2) is 0 Å². The van der Waals surface area contributed by atoms with Crippen LogP contribution in [0.1, 0.15) is 44.0 Å². The quantitative estimate of drug-likeness (QED) is 0.190. The second-order valence-electron chi connectivity index (χ2n) is 12.8. The third-order valence-corrected chi connectivity index (χ3v) is 8.86. The molecule has 0 aliphatic carbocycles. The molecule has 4 heterocycles. The highest BCUT2D eigenvalue weighted by Crippen LogP contribution is 2.26. The molecule has 5 N–H and O–H groups in total. The fourth-order valence-corrected chi connectivity index (χ4v) is 6.21. The first-order valence-electron chi connectivity index (χ1n) is 17.1. The van der Waals surface area contributed by atoms with Crippen molar-refractivity contribution >= 4 is 46.9 Å². The fourth-order valence-electron chi connectivity index (χ4n) is 6.21. The Morgan fingerprint density at radius 2 is 1.86 bits per heavy atom. The maximum Gasteiger partial charge on any atom is 0.241 e. The van der Waals surface area contributed by atoms with Crippen molar-refractivity contribution in [3.05, 3.63) is 83.8 Å². The van der Waals surface area contributed by atoms with E-state index in [1.807, 2.05) is 49.9 Å². The number of ether oxygens (including phenoxy) is 1. The van der Waals surface area contributed by atoms with Crippen LogP contribution < -0.4 is 26.0 Å². The lowest BCUT2D eigenvalue weighted by atomic mass is 10.1. The van der Waals surface area contributed by atoms with E-state index >= 15 is 0 Å². The van der Waals surface area contributed by atoms with E-state index in [4.69, 9.17) is 21.6 Å². The smallest absolute Gasteiger partial charge is 0.241 e. The number of amidine groups is 1. The number of aliphatic imine (C=N–C) groups is 2.